The molecule has 2 heteroatoms. The Balaban J connectivity index is 2.15. The molecule has 0 heterocycles. The van der Waals surface area contributed by atoms with Crippen LogP contribution in [-0.2, 0) is 0 Å². The van der Waals surface area contributed by atoms with Crippen LogP contribution in [0.1, 0.15) is 11.1 Å². The third-order valence-electron chi connectivity index (χ3n) is 2.21. The van der Waals surface area contributed by atoms with Gasteiger partial charge in [-0.2, -0.15) is 0 Å². The van der Waals surface area contributed by atoms with Gasteiger partial charge in [-0.05, 0) is 58.0 Å². The molecule has 0 spiro atoms. The van der Waals surface area contributed by atoms with Crippen molar-refractivity contribution in [3.8, 4) is 0 Å². The molecule has 0 fully saturated rings. The van der Waals surface area contributed by atoms with Crippen LogP contribution < -0.4 is 0 Å². The van der Waals surface area contributed by atoms with Gasteiger partial charge in [-0.1, -0.05) is 52.3 Å². The summed E-state index contributed by atoms with van der Waals surface area (Å²) < 4.78 is 2.37. The Morgan fingerprint density at radius 3 is 1.69 bits per heavy atom. The number of halogens is 2. The minimum absolute atomic E-state index is 1.11. The van der Waals surface area contributed by atoms with Crippen LogP contribution in [0.2, 0.25) is 0 Å². The van der Waals surface area contributed by atoms with Crippen LogP contribution in [-0.4, -0.2) is 0 Å². The molecule has 2 aromatic carbocycles. The van der Waals surface area contributed by atoms with Crippen LogP contribution in [0.3, 0.4) is 0 Å². The van der Waals surface area contributed by atoms with Crippen molar-refractivity contribution in [3.63, 3.8) is 0 Å². The van der Waals surface area contributed by atoms with Gasteiger partial charge in [0.25, 0.3) is 0 Å². The molecule has 2 rings (SSSR count). The third-order valence-corrected chi connectivity index (χ3v) is 3.46. The van der Waals surface area contributed by atoms with Crippen LogP contribution in [0, 0.1) is 3.57 Å². The Kier molecular flexibility index (Phi) is 4.18. The molecule has 0 bridgehead atoms. The first-order valence-corrected chi connectivity index (χ1v) is 6.80. The van der Waals surface area contributed by atoms with Crippen LogP contribution in [0.4, 0.5) is 0 Å². The molecule has 0 saturated carbocycles. The zero-order valence-electron chi connectivity index (χ0n) is 8.53. The fraction of sp³-hybridized carbons (Fsp3) is 0. The summed E-state index contributed by atoms with van der Waals surface area (Å²) in [6, 6.07) is 16.7. The number of benzene rings is 2. The molecule has 0 radical (unpaired) electrons. The van der Waals surface area contributed by atoms with Gasteiger partial charge in [-0.15, -0.1) is 0 Å². The molecule has 0 N–H and O–H groups in total. The topological polar surface area (TPSA) is 0 Å². The van der Waals surface area contributed by atoms with Gasteiger partial charge in [0.05, 0.1) is 0 Å². The Hall–Kier alpha value is -0.610. The van der Waals surface area contributed by atoms with E-state index in [1.807, 2.05) is 12.1 Å². The van der Waals surface area contributed by atoms with E-state index >= 15 is 0 Å². The van der Waals surface area contributed by atoms with E-state index in [0.29, 0.717) is 0 Å². The fourth-order valence-corrected chi connectivity index (χ4v) is 1.96. The Labute approximate surface area is 118 Å². The first-order valence-electron chi connectivity index (χ1n) is 4.93. The van der Waals surface area contributed by atoms with Crippen molar-refractivity contribution in [2.75, 3.05) is 0 Å². The number of hydrogen-bond acceptors (Lipinski definition) is 0. The van der Waals surface area contributed by atoms with Gasteiger partial charge in [0, 0.05) is 8.04 Å². The highest BCUT2D eigenvalue weighted by Gasteiger charge is 1.89. The summed E-state index contributed by atoms with van der Waals surface area (Å²) in [5.41, 5.74) is 2.44. The van der Waals surface area contributed by atoms with Gasteiger partial charge in [0.1, 0.15) is 0 Å². The molecule has 0 amide bonds. The van der Waals surface area contributed by atoms with E-state index in [1.165, 1.54) is 14.7 Å². The smallest absolute Gasteiger partial charge is 0.0175 e. The molecule has 80 valence electrons. The second-order valence-corrected chi connectivity index (χ2v) is 5.60. The standard InChI is InChI=1S/C14H10BrI/c15-13-7-3-11(4-8-13)1-2-12-5-9-14(16)10-6-12/h1-10H. The molecule has 2 aromatic rings. The average Bonchev–Trinajstić information content (AvgIpc) is 2.30. The monoisotopic (exact) mass is 384 g/mol. The lowest BCUT2D eigenvalue weighted by Crippen LogP contribution is -1.74. The van der Waals surface area contributed by atoms with Crippen molar-refractivity contribution < 1.29 is 0 Å². The zero-order valence-corrected chi connectivity index (χ0v) is 12.3. The predicted molar refractivity (Wildman–Crippen MR) is 82.2 cm³/mol. The highest BCUT2D eigenvalue weighted by atomic mass is 127. The van der Waals surface area contributed by atoms with Crippen molar-refractivity contribution in [2.45, 2.75) is 0 Å². The summed E-state index contributed by atoms with van der Waals surface area (Å²) in [4.78, 5) is 0. The minimum Gasteiger partial charge on any atom is -0.0544 e. The quantitative estimate of drug-likeness (QED) is 0.491. The van der Waals surface area contributed by atoms with Crippen molar-refractivity contribution in [2.24, 2.45) is 0 Å². The molecule has 0 aromatic heterocycles. The maximum atomic E-state index is 3.42. The molecule has 16 heavy (non-hydrogen) atoms. The lowest BCUT2D eigenvalue weighted by molar-refractivity contribution is 1.60. The lowest BCUT2D eigenvalue weighted by atomic mass is 10.1. The molecular formula is C14H10BrI. The fourth-order valence-electron chi connectivity index (χ4n) is 1.34. The van der Waals surface area contributed by atoms with Crippen molar-refractivity contribution in [1.82, 2.24) is 0 Å². The molecule has 0 nitrogen and oxygen atoms in total. The summed E-state index contributed by atoms with van der Waals surface area (Å²) >= 11 is 5.74. The van der Waals surface area contributed by atoms with E-state index in [2.05, 4.69) is 87.1 Å². The van der Waals surface area contributed by atoms with Crippen LogP contribution >= 0.6 is 38.5 Å². The molecule has 0 saturated heterocycles. The normalized spacial score (nSPS) is 10.9. The second kappa shape index (κ2) is 5.64. The van der Waals surface area contributed by atoms with Gasteiger partial charge in [-0.25, -0.2) is 0 Å². The van der Waals surface area contributed by atoms with E-state index in [-0.39, 0.29) is 0 Å². The molecule has 0 aliphatic carbocycles. The number of rotatable bonds is 2. The molecule has 0 aliphatic heterocycles. The summed E-state index contributed by atoms with van der Waals surface area (Å²) in [7, 11) is 0. The molecular weight excluding hydrogens is 375 g/mol. The van der Waals surface area contributed by atoms with Gasteiger partial charge in [0.15, 0.2) is 0 Å². The second-order valence-electron chi connectivity index (χ2n) is 3.44. The van der Waals surface area contributed by atoms with E-state index in [9.17, 15) is 0 Å². The van der Waals surface area contributed by atoms with Gasteiger partial charge >= 0.3 is 0 Å². The van der Waals surface area contributed by atoms with E-state index in [4.69, 9.17) is 0 Å². The van der Waals surface area contributed by atoms with Gasteiger partial charge in [-0.3, -0.25) is 0 Å². The van der Waals surface area contributed by atoms with Crippen LogP contribution in [0.25, 0.3) is 12.2 Å². The molecule has 0 atom stereocenters. The number of hydrogen-bond donors (Lipinski definition) is 0. The van der Waals surface area contributed by atoms with E-state index < -0.39 is 0 Å². The largest absolute Gasteiger partial charge is 0.0544 e. The summed E-state index contributed by atoms with van der Waals surface area (Å²) in [5, 5.41) is 0. The molecule has 0 aliphatic rings. The Morgan fingerprint density at radius 2 is 1.19 bits per heavy atom. The lowest BCUT2D eigenvalue weighted by Gasteiger charge is -1.95. The highest BCUT2D eigenvalue weighted by Crippen LogP contribution is 2.14. The summed E-state index contributed by atoms with van der Waals surface area (Å²) in [5.74, 6) is 0. The Bertz CT molecular complexity index is 436. The van der Waals surface area contributed by atoms with Crippen LogP contribution in [0.5, 0.6) is 0 Å². The van der Waals surface area contributed by atoms with Crippen molar-refractivity contribution in [3.05, 3.63) is 67.7 Å². The van der Waals surface area contributed by atoms with Crippen molar-refractivity contribution >= 4 is 50.7 Å². The molecule has 0 unspecified atom stereocenters. The Morgan fingerprint density at radius 1 is 0.750 bits per heavy atom. The predicted octanol–water partition coefficient (Wildman–Crippen LogP) is 5.22. The van der Waals surface area contributed by atoms with Gasteiger partial charge in [0.2, 0.25) is 0 Å². The summed E-state index contributed by atoms with van der Waals surface area (Å²) in [6.45, 7) is 0. The van der Waals surface area contributed by atoms with Crippen molar-refractivity contribution in [1.29, 1.82) is 0 Å². The first kappa shape index (κ1) is 11.9. The van der Waals surface area contributed by atoms with Crippen LogP contribution in [0.15, 0.2) is 53.0 Å². The summed E-state index contributed by atoms with van der Waals surface area (Å²) in [6.07, 6.45) is 4.24. The first-order chi connectivity index (χ1) is 7.74. The average molecular weight is 385 g/mol. The maximum Gasteiger partial charge on any atom is 0.0175 e. The minimum atomic E-state index is 1.11. The van der Waals surface area contributed by atoms with E-state index in [1.54, 1.807) is 0 Å². The third kappa shape index (κ3) is 3.46. The highest BCUT2D eigenvalue weighted by molar-refractivity contribution is 14.1. The maximum absolute atomic E-state index is 3.42. The van der Waals surface area contributed by atoms with Gasteiger partial charge < -0.3 is 0 Å². The SMILES string of the molecule is Brc1ccc(C=Cc2ccc(I)cc2)cc1. The zero-order chi connectivity index (χ0) is 11.4. The van der Waals surface area contributed by atoms with E-state index in [0.717, 1.165) is 4.47 Å².